The first-order chi connectivity index (χ1) is 13.5. The Bertz CT molecular complexity index is 739. The minimum atomic E-state index is -2.48. The molecule has 0 aromatic carbocycles. The van der Waals surface area contributed by atoms with Crippen molar-refractivity contribution in [2.75, 3.05) is 39.4 Å². The largest absolute Gasteiger partial charge is 0.380 e. The number of piperidine rings is 1. The van der Waals surface area contributed by atoms with Gasteiger partial charge in [-0.3, -0.25) is 9.58 Å². The maximum atomic E-state index is 13.1. The van der Waals surface area contributed by atoms with Gasteiger partial charge in [0.05, 0.1) is 19.3 Å². The Kier molecular flexibility index (Phi) is 4.13. The number of hydrogen-bond acceptors (Lipinski definition) is 5. The van der Waals surface area contributed by atoms with Crippen LogP contribution >= 0.6 is 11.9 Å². The molecule has 6 rings (SSSR count). The number of alkyl halides is 2. The third kappa shape index (κ3) is 3.02. The van der Waals surface area contributed by atoms with Gasteiger partial charge in [-0.05, 0) is 55.9 Å². The van der Waals surface area contributed by atoms with E-state index in [1.54, 1.807) is 18.0 Å². The van der Waals surface area contributed by atoms with Crippen LogP contribution in [0.15, 0.2) is 11.1 Å². The predicted octanol–water partition coefficient (Wildman–Crippen LogP) is 3.74. The number of ether oxygens (including phenoxy) is 1. The van der Waals surface area contributed by atoms with Crippen LogP contribution in [0.25, 0.3) is 0 Å². The molecule has 2 spiro atoms. The van der Waals surface area contributed by atoms with Gasteiger partial charge in [-0.15, -0.1) is 0 Å². The van der Waals surface area contributed by atoms with Crippen molar-refractivity contribution >= 4 is 11.9 Å². The van der Waals surface area contributed by atoms with E-state index in [0.29, 0.717) is 16.9 Å². The molecule has 5 nitrogen and oxygen atoms in total. The molecule has 2 saturated carbocycles. The van der Waals surface area contributed by atoms with Crippen molar-refractivity contribution in [2.24, 2.45) is 10.8 Å². The van der Waals surface area contributed by atoms with Crippen molar-refractivity contribution in [3.05, 3.63) is 11.8 Å². The Hall–Kier alpha value is -0.700. The lowest BCUT2D eigenvalue weighted by atomic mass is 9.59. The molecule has 3 saturated heterocycles. The van der Waals surface area contributed by atoms with E-state index in [2.05, 4.69) is 14.3 Å². The Morgan fingerprint density at radius 2 is 1.79 bits per heavy atom. The van der Waals surface area contributed by atoms with Crippen molar-refractivity contribution in [1.29, 1.82) is 0 Å². The molecular weight excluding hydrogens is 382 g/mol. The molecule has 0 unspecified atom stereocenters. The fraction of sp³-hybridized carbons (Fsp3) is 0.850. The lowest BCUT2D eigenvalue weighted by Gasteiger charge is -2.63. The fourth-order valence-electron chi connectivity index (χ4n) is 5.59. The zero-order valence-electron chi connectivity index (χ0n) is 16.2. The quantitative estimate of drug-likeness (QED) is 0.691. The second kappa shape index (κ2) is 6.40. The van der Waals surface area contributed by atoms with Crippen LogP contribution in [0.4, 0.5) is 8.78 Å². The molecule has 1 aromatic heterocycles. The molecule has 0 bridgehead atoms. The smallest absolute Gasteiger partial charge is 0.282 e. The standard InChI is InChI=1S/C20H28F2N4OS/c21-18(22)16-7-17(26(23-16)14-1-2-14)28-25-5-3-19(4-6-25)8-15(9-19)24-10-20(11-24)12-27-13-20/h7,14-15,18H,1-6,8-13H2. The van der Waals surface area contributed by atoms with Crippen LogP contribution in [-0.4, -0.2) is 64.4 Å². The Balaban J connectivity index is 1.02. The third-order valence-corrected chi connectivity index (χ3v) is 8.70. The molecule has 0 atom stereocenters. The normalized spacial score (nSPS) is 29.8. The lowest BCUT2D eigenvalue weighted by Crippen LogP contribution is -2.70. The molecule has 154 valence electrons. The van der Waals surface area contributed by atoms with E-state index in [-0.39, 0.29) is 5.69 Å². The van der Waals surface area contributed by atoms with Gasteiger partial charge in [-0.2, -0.15) is 5.10 Å². The molecule has 0 radical (unpaired) electrons. The summed E-state index contributed by atoms with van der Waals surface area (Å²) in [6.07, 6.45) is 4.80. The third-order valence-electron chi connectivity index (χ3n) is 7.59. The van der Waals surface area contributed by atoms with Crippen LogP contribution in [0.1, 0.15) is 56.7 Å². The highest BCUT2D eigenvalue weighted by molar-refractivity contribution is 7.97. The number of hydrogen-bond donors (Lipinski definition) is 0. The molecule has 3 aliphatic heterocycles. The maximum Gasteiger partial charge on any atom is 0.282 e. The van der Waals surface area contributed by atoms with Gasteiger partial charge in [0.15, 0.2) is 0 Å². The molecule has 2 aliphatic carbocycles. The van der Waals surface area contributed by atoms with Crippen molar-refractivity contribution < 1.29 is 13.5 Å². The van der Waals surface area contributed by atoms with Gasteiger partial charge in [-0.25, -0.2) is 13.1 Å². The minimum Gasteiger partial charge on any atom is -0.380 e. The molecule has 8 heteroatoms. The van der Waals surface area contributed by atoms with Crippen molar-refractivity contribution in [3.63, 3.8) is 0 Å². The number of halogens is 2. The summed E-state index contributed by atoms with van der Waals surface area (Å²) >= 11 is 1.64. The van der Waals surface area contributed by atoms with E-state index in [9.17, 15) is 8.78 Å². The van der Waals surface area contributed by atoms with E-state index in [1.807, 2.05) is 4.68 Å². The number of aromatic nitrogens is 2. The van der Waals surface area contributed by atoms with Crippen LogP contribution in [0, 0.1) is 10.8 Å². The molecule has 0 amide bonds. The minimum absolute atomic E-state index is 0.0751. The first-order valence-corrected chi connectivity index (χ1v) is 11.4. The van der Waals surface area contributed by atoms with E-state index < -0.39 is 6.43 Å². The predicted molar refractivity (Wildman–Crippen MR) is 102 cm³/mol. The van der Waals surface area contributed by atoms with Crippen LogP contribution in [-0.2, 0) is 4.74 Å². The summed E-state index contributed by atoms with van der Waals surface area (Å²) in [7, 11) is 0. The summed E-state index contributed by atoms with van der Waals surface area (Å²) in [5, 5.41) is 5.06. The van der Waals surface area contributed by atoms with Gasteiger partial charge >= 0.3 is 0 Å². The van der Waals surface area contributed by atoms with Gasteiger partial charge in [0.1, 0.15) is 10.7 Å². The van der Waals surface area contributed by atoms with Crippen molar-refractivity contribution in [2.45, 2.75) is 62.1 Å². The van der Waals surface area contributed by atoms with Crippen LogP contribution < -0.4 is 0 Å². The summed E-state index contributed by atoms with van der Waals surface area (Å²) < 4.78 is 35.8. The van der Waals surface area contributed by atoms with Crippen LogP contribution in [0.2, 0.25) is 0 Å². The summed E-state index contributed by atoms with van der Waals surface area (Å²) in [6.45, 7) is 6.53. The second-order valence-electron chi connectivity index (χ2n) is 9.86. The lowest BCUT2D eigenvalue weighted by molar-refractivity contribution is -0.215. The maximum absolute atomic E-state index is 13.1. The Morgan fingerprint density at radius 1 is 1.07 bits per heavy atom. The van der Waals surface area contributed by atoms with E-state index in [0.717, 1.165) is 50.2 Å². The average molecular weight is 411 g/mol. The van der Waals surface area contributed by atoms with Gasteiger partial charge in [0, 0.05) is 43.7 Å². The zero-order chi connectivity index (χ0) is 18.9. The topological polar surface area (TPSA) is 33.5 Å². The molecule has 1 aromatic rings. The molecule has 0 N–H and O–H groups in total. The summed E-state index contributed by atoms with van der Waals surface area (Å²) in [4.78, 5) is 2.68. The highest BCUT2D eigenvalue weighted by Crippen LogP contribution is 2.54. The van der Waals surface area contributed by atoms with E-state index >= 15 is 0 Å². The van der Waals surface area contributed by atoms with Crippen LogP contribution in [0.5, 0.6) is 0 Å². The number of likely N-dealkylation sites (tertiary alicyclic amines) is 1. The molecule has 5 aliphatic rings. The molecule has 28 heavy (non-hydrogen) atoms. The summed E-state index contributed by atoms with van der Waals surface area (Å²) in [6, 6.07) is 2.72. The second-order valence-corrected chi connectivity index (χ2v) is 11.0. The Morgan fingerprint density at radius 3 is 2.36 bits per heavy atom. The van der Waals surface area contributed by atoms with Gasteiger partial charge in [0.2, 0.25) is 0 Å². The molecular formula is C20H28F2N4OS. The molecule has 4 heterocycles. The van der Waals surface area contributed by atoms with Crippen molar-refractivity contribution in [3.8, 4) is 0 Å². The van der Waals surface area contributed by atoms with E-state index in [4.69, 9.17) is 4.74 Å². The average Bonchev–Trinajstić information content (AvgIpc) is 3.33. The van der Waals surface area contributed by atoms with Gasteiger partial charge < -0.3 is 4.74 Å². The van der Waals surface area contributed by atoms with Crippen molar-refractivity contribution in [1.82, 2.24) is 19.0 Å². The zero-order valence-corrected chi connectivity index (χ0v) is 17.0. The van der Waals surface area contributed by atoms with E-state index in [1.165, 1.54) is 38.8 Å². The Labute approximate surface area is 168 Å². The fourth-order valence-corrected chi connectivity index (χ4v) is 6.66. The highest BCUT2D eigenvalue weighted by atomic mass is 32.2. The SMILES string of the molecule is FC(F)c1cc(SN2CCC3(CC2)CC(N2CC4(COC4)C2)C3)n(C2CC2)n1. The van der Waals surface area contributed by atoms with Crippen LogP contribution in [0.3, 0.4) is 0 Å². The number of rotatable bonds is 5. The molecule has 5 fully saturated rings. The summed E-state index contributed by atoms with van der Waals surface area (Å²) in [5.74, 6) is 0. The van der Waals surface area contributed by atoms with Gasteiger partial charge in [-0.1, -0.05) is 0 Å². The number of nitrogens with zero attached hydrogens (tertiary/aromatic N) is 4. The van der Waals surface area contributed by atoms with Gasteiger partial charge in [0.25, 0.3) is 6.43 Å². The highest BCUT2D eigenvalue weighted by Gasteiger charge is 2.56. The monoisotopic (exact) mass is 410 g/mol. The summed E-state index contributed by atoms with van der Waals surface area (Å²) in [5.41, 5.74) is 0.976. The first kappa shape index (κ1) is 18.1. The first-order valence-electron chi connectivity index (χ1n) is 10.7.